The van der Waals surface area contributed by atoms with Crippen LogP contribution in [0.4, 0.5) is 0 Å². The van der Waals surface area contributed by atoms with Gasteiger partial charge in [-0.3, -0.25) is 9.59 Å². The first kappa shape index (κ1) is 30.3. The molecule has 6 nitrogen and oxygen atoms in total. The topological polar surface area (TPSA) is 93.5 Å². The molecule has 0 aliphatic heterocycles. The molecule has 6 heteroatoms. The molecule has 0 radical (unpaired) electrons. The number of carbonyl (C=O) groups is 2. The van der Waals surface area contributed by atoms with Crippen LogP contribution in [0.25, 0.3) is 10.8 Å². The summed E-state index contributed by atoms with van der Waals surface area (Å²) in [4.78, 5) is 26.4. The summed E-state index contributed by atoms with van der Waals surface area (Å²) >= 11 is 0. The molecule has 0 saturated heterocycles. The monoisotopic (exact) mass is 531 g/mol. The third-order valence-electron chi connectivity index (χ3n) is 7.51. The van der Waals surface area contributed by atoms with Gasteiger partial charge >= 0.3 is 0 Å². The molecule has 0 heterocycles. The summed E-state index contributed by atoms with van der Waals surface area (Å²) in [6.07, 6.45) is 2.10. The van der Waals surface area contributed by atoms with Crippen molar-refractivity contribution in [3.63, 3.8) is 0 Å². The highest BCUT2D eigenvalue weighted by molar-refractivity contribution is 5.88. The van der Waals surface area contributed by atoms with Gasteiger partial charge in [0.05, 0.1) is 13.2 Å². The Morgan fingerprint density at radius 1 is 0.846 bits per heavy atom. The minimum Gasteiger partial charge on any atom is -0.375 e. The zero-order valence-corrected chi connectivity index (χ0v) is 23.9. The molecule has 0 aromatic heterocycles. The first-order valence-electron chi connectivity index (χ1n) is 14.2. The number of nitrogens with two attached hydrogens (primary N) is 1. The van der Waals surface area contributed by atoms with E-state index in [1.54, 1.807) is 0 Å². The number of nitrogens with one attached hydrogen (secondary N) is 2. The average Bonchev–Trinajstić information content (AvgIpc) is 2.94. The lowest BCUT2D eigenvalue weighted by Gasteiger charge is -2.28. The van der Waals surface area contributed by atoms with E-state index in [2.05, 4.69) is 41.0 Å². The highest BCUT2D eigenvalue weighted by Crippen LogP contribution is 2.21. The maximum atomic E-state index is 13.3. The normalized spacial score (nSPS) is 14.5. The second-order valence-electron chi connectivity index (χ2n) is 11.0. The summed E-state index contributed by atoms with van der Waals surface area (Å²) in [5.74, 6) is -0.328. The largest absolute Gasteiger partial charge is 0.375 e. The third-order valence-corrected chi connectivity index (χ3v) is 7.51. The number of amides is 2. The molecule has 0 fully saturated rings. The molecule has 0 unspecified atom stereocenters. The second kappa shape index (κ2) is 15.4. The summed E-state index contributed by atoms with van der Waals surface area (Å²) in [7, 11) is 0. The highest BCUT2D eigenvalue weighted by Gasteiger charge is 2.30. The minimum atomic E-state index is -0.577. The molecule has 0 spiro atoms. The molecule has 4 N–H and O–H groups in total. The third kappa shape index (κ3) is 9.48. The Morgan fingerprint density at radius 3 is 2.23 bits per heavy atom. The van der Waals surface area contributed by atoms with Gasteiger partial charge in [0.2, 0.25) is 11.8 Å². The fraction of sp³-hybridized carbons (Fsp3) is 0.455. The van der Waals surface area contributed by atoms with Gasteiger partial charge in [0, 0.05) is 18.5 Å². The molecule has 3 rings (SSSR count). The van der Waals surface area contributed by atoms with Crippen molar-refractivity contribution < 1.29 is 14.3 Å². The van der Waals surface area contributed by atoms with Crippen LogP contribution < -0.4 is 16.4 Å². The van der Waals surface area contributed by atoms with Crippen LogP contribution >= 0.6 is 0 Å². The molecule has 0 aliphatic rings. The molecule has 3 aromatic carbocycles. The Morgan fingerprint density at radius 2 is 1.54 bits per heavy atom. The average molecular weight is 532 g/mol. The SMILES string of the molecule is CC[C@H](C)[C@H](NC(=O)[C@@H](CC[C@@H](N)COCc1ccc2ccccc2c1)C(C)C)C(=O)NCc1ccccc1. The summed E-state index contributed by atoms with van der Waals surface area (Å²) in [6, 6.07) is 23.6. The predicted molar refractivity (Wildman–Crippen MR) is 159 cm³/mol. The molecule has 3 aromatic rings. The lowest BCUT2D eigenvalue weighted by atomic mass is 9.88. The number of carbonyl (C=O) groups excluding carboxylic acids is 2. The van der Waals surface area contributed by atoms with Gasteiger partial charge < -0.3 is 21.1 Å². The van der Waals surface area contributed by atoms with Crippen LogP contribution in [0.5, 0.6) is 0 Å². The lowest BCUT2D eigenvalue weighted by Crippen LogP contribution is -2.52. The standard InChI is InChI=1S/C33H45N3O3/c1-5-24(4)31(33(38)35-20-25-11-7-6-8-12-25)36-32(37)30(23(2)3)18-17-29(34)22-39-21-26-15-16-27-13-9-10-14-28(27)19-26/h6-16,19,23-24,29-31H,5,17-18,20-22,34H2,1-4H3,(H,35,38)(H,36,37)/t24-,29+,30-,31-/m0/s1. The molecule has 2 amide bonds. The number of hydrogen-bond acceptors (Lipinski definition) is 4. The van der Waals surface area contributed by atoms with Crippen molar-refractivity contribution in [3.05, 3.63) is 83.9 Å². The zero-order chi connectivity index (χ0) is 28.2. The fourth-order valence-corrected chi connectivity index (χ4v) is 4.76. The van der Waals surface area contributed by atoms with Gasteiger partial charge in [-0.15, -0.1) is 0 Å². The van der Waals surface area contributed by atoms with Gasteiger partial charge in [-0.05, 0) is 52.6 Å². The minimum absolute atomic E-state index is 0.0169. The number of benzene rings is 3. The fourth-order valence-electron chi connectivity index (χ4n) is 4.76. The Balaban J connectivity index is 1.49. The van der Waals surface area contributed by atoms with Gasteiger partial charge in [-0.2, -0.15) is 0 Å². The van der Waals surface area contributed by atoms with Crippen LogP contribution in [-0.2, 0) is 27.5 Å². The highest BCUT2D eigenvalue weighted by atomic mass is 16.5. The van der Waals surface area contributed by atoms with Crippen LogP contribution in [-0.4, -0.2) is 30.5 Å². The Labute approximate surface area is 233 Å². The summed E-state index contributed by atoms with van der Waals surface area (Å²) in [5, 5.41) is 8.46. The number of hydrogen-bond donors (Lipinski definition) is 3. The Hall–Kier alpha value is -3.22. The summed E-state index contributed by atoms with van der Waals surface area (Å²) in [5.41, 5.74) is 8.51. The zero-order valence-electron chi connectivity index (χ0n) is 23.9. The van der Waals surface area contributed by atoms with Gasteiger partial charge in [-0.25, -0.2) is 0 Å². The second-order valence-corrected chi connectivity index (χ2v) is 11.0. The van der Waals surface area contributed by atoms with Crippen molar-refractivity contribution in [2.24, 2.45) is 23.5 Å². The molecule has 0 aliphatic carbocycles. The summed E-state index contributed by atoms with van der Waals surface area (Å²) in [6.45, 7) is 9.48. The maximum absolute atomic E-state index is 13.3. The quantitative estimate of drug-likeness (QED) is 0.239. The Kier molecular flexibility index (Phi) is 12.0. The molecule has 0 bridgehead atoms. The van der Waals surface area contributed by atoms with Crippen LogP contribution in [0.3, 0.4) is 0 Å². The van der Waals surface area contributed by atoms with E-state index in [1.165, 1.54) is 10.8 Å². The van der Waals surface area contributed by atoms with Crippen LogP contribution in [0, 0.1) is 17.8 Å². The van der Waals surface area contributed by atoms with Crippen molar-refractivity contribution in [1.29, 1.82) is 0 Å². The molecule has 4 atom stereocenters. The van der Waals surface area contributed by atoms with E-state index in [9.17, 15) is 9.59 Å². The van der Waals surface area contributed by atoms with E-state index in [-0.39, 0.29) is 35.6 Å². The lowest BCUT2D eigenvalue weighted by molar-refractivity contribution is -0.133. The Bertz CT molecular complexity index is 1180. The molecule has 210 valence electrons. The summed E-state index contributed by atoms with van der Waals surface area (Å²) < 4.78 is 5.91. The number of rotatable bonds is 15. The van der Waals surface area contributed by atoms with Crippen LogP contribution in [0.1, 0.15) is 58.1 Å². The van der Waals surface area contributed by atoms with E-state index in [0.717, 1.165) is 17.5 Å². The van der Waals surface area contributed by atoms with Crippen LogP contribution in [0.15, 0.2) is 72.8 Å². The van der Waals surface area contributed by atoms with Crippen molar-refractivity contribution in [1.82, 2.24) is 10.6 Å². The number of ether oxygens (including phenoxy) is 1. The van der Waals surface area contributed by atoms with Gasteiger partial charge in [0.25, 0.3) is 0 Å². The van der Waals surface area contributed by atoms with E-state index >= 15 is 0 Å². The van der Waals surface area contributed by atoms with Gasteiger partial charge in [0.1, 0.15) is 6.04 Å². The maximum Gasteiger partial charge on any atom is 0.243 e. The van der Waals surface area contributed by atoms with Crippen molar-refractivity contribution in [3.8, 4) is 0 Å². The van der Waals surface area contributed by atoms with Crippen LogP contribution in [0.2, 0.25) is 0 Å². The van der Waals surface area contributed by atoms with Crippen molar-refractivity contribution in [2.75, 3.05) is 6.61 Å². The van der Waals surface area contributed by atoms with Gasteiger partial charge in [0.15, 0.2) is 0 Å². The van der Waals surface area contributed by atoms with E-state index < -0.39 is 6.04 Å². The molecule has 0 saturated carbocycles. The van der Waals surface area contributed by atoms with E-state index in [1.807, 2.05) is 70.2 Å². The van der Waals surface area contributed by atoms with Gasteiger partial charge in [-0.1, -0.05) is 101 Å². The van der Waals surface area contributed by atoms with Crippen molar-refractivity contribution in [2.45, 2.75) is 72.2 Å². The number of fused-ring (bicyclic) bond motifs is 1. The van der Waals surface area contributed by atoms with E-state index in [0.29, 0.717) is 32.6 Å². The van der Waals surface area contributed by atoms with Crippen molar-refractivity contribution >= 4 is 22.6 Å². The molecular formula is C33H45N3O3. The van der Waals surface area contributed by atoms with E-state index in [4.69, 9.17) is 10.5 Å². The smallest absolute Gasteiger partial charge is 0.243 e. The first-order valence-corrected chi connectivity index (χ1v) is 14.2. The predicted octanol–water partition coefficient (Wildman–Crippen LogP) is 5.58. The first-order chi connectivity index (χ1) is 18.8. The molecule has 39 heavy (non-hydrogen) atoms. The molecular weight excluding hydrogens is 486 g/mol.